The van der Waals surface area contributed by atoms with E-state index in [2.05, 4.69) is 25.5 Å². The van der Waals surface area contributed by atoms with Crippen LogP contribution in [0, 0.1) is 0 Å². The van der Waals surface area contributed by atoms with E-state index in [0.29, 0.717) is 0 Å². The van der Waals surface area contributed by atoms with Gasteiger partial charge in [-0.15, -0.1) is 22.9 Å². The van der Waals surface area contributed by atoms with Crippen molar-refractivity contribution in [2.24, 2.45) is 5.16 Å². The van der Waals surface area contributed by atoms with Gasteiger partial charge in [0.05, 0.1) is 7.11 Å². The van der Waals surface area contributed by atoms with Gasteiger partial charge < -0.3 is 20.2 Å². The lowest BCUT2D eigenvalue weighted by Crippen LogP contribution is -2.74. The third-order valence-electron chi connectivity index (χ3n) is 4.59. The van der Waals surface area contributed by atoms with Crippen molar-refractivity contribution < 1.29 is 41.7 Å². The maximum absolute atomic E-state index is 13.0. The van der Waals surface area contributed by atoms with Crippen molar-refractivity contribution >= 4 is 67.8 Å². The van der Waals surface area contributed by atoms with E-state index in [1.54, 1.807) is 30.3 Å². The van der Waals surface area contributed by atoms with E-state index in [9.17, 15) is 32.1 Å². The van der Waals surface area contributed by atoms with Gasteiger partial charge >= 0.3 is 16.3 Å². The first-order valence-corrected chi connectivity index (χ1v) is 12.6. The lowest BCUT2D eigenvalue weighted by atomic mass is 9.98. The van der Waals surface area contributed by atoms with Crippen LogP contribution in [0.15, 0.2) is 40.9 Å². The highest BCUT2D eigenvalue weighted by molar-refractivity contribution is 7.84. The number of halogens is 1. The molecule has 1 aliphatic rings. The van der Waals surface area contributed by atoms with Crippen molar-refractivity contribution in [3.05, 3.63) is 47.0 Å². The summed E-state index contributed by atoms with van der Waals surface area (Å²) in [5.74, 6) is -4.42. The molecular formula is C19H18ClN5O9S2. The fourth-order valence-corrected chi connectivity index (χ4v) is 4.58. The van der Waals surface area contributed by atoms with Gasteiger partial charge in [0.15, 0.2) is 16.9 Å². The van der Waals surface area contributed by atoms with Crippen LogP contribution in [0.3, 0.4) is 0 Å². The molecule has 1 aliphatic heterocycles. The minimum absolute atomic E-state index is 0.0404. The van der Waals surface area contributed by atoms with Crippen LogP contribution in [0.4, 0.5) is 5.13 Å². The van der Waals surface area contributed by atoms with Gasteiger partial charge in [0.1, 0.15) is 24.2 Å². The van der Waals surface area contributed by atoms with Gasteiger partial charge in [-0.1, -0.05) is 35.5 Å². The predicted octanol–water partition coefficient (Wildman–Crippen LogP) is -0.0873. The van der Waals surface area contributed by atoms with E-state index < -0.39 is 51.8 Å². The average Bonchev–Trinajstić information content (AvgIpc) is 3.30. The summed E-state index contributed by atoms with van der Waals surface area (Å²) in [5.41, 5.74) is 0.205. The number of alkyl halides is 1. The number of methoxy groups -OCH3 is 1. The Labute approximate surface area is 213 Å². The van der Waals surface area contributed by atoms with Crippen LogP contribution in [0.1, 0.15) is 11.3 Å². The number of hydrogen-bond acceptors (Lipinski definition) is 11. The molecule has 0 radical (unpaired) electrons. The zero-order valence-electron chi connectivity index (χ0n) is 18.3. The first-order chi connectivity index (χ1) is 17.1. The van der Waals surface area contributed by atoms with Crippen LogP contribution in [0.2, 0.25) is 0 Å². The summed E-state index contributed by atoms with van der Waals surface area (Å²) < 4.78 is 36.6. The molecule has 2 aromatic rings. The second-order valence-corrected chi connectivity index (χ2v) is 9.36. The molecular weight excluding hydrogens is 542 g/mol. The zero-order chi connectivity index (χ0) is 26.5. The van der Waals surface area contributed by atoms with E-state index in [1.807, 2.05) is 0 Å². The second-order valence-electron chi connectivity index (χ2n) is 6.95. The third kappa shape index (κ3) is 6.14. The highest BCUT2D eigenvalue weighted by Gasteiger charge is 2.58. The maximum atomic E-state index is 13.0. The molecule has 14 nitrogen and oxygen atoms in total. The summed E-state index contributed by atoms with van der Waals surface area (Å²) in [5, 5.41) is 9.83. The van der Waals surface area contributed by atoms with E-state index >= 15 is 0 Å². The first-order valence-electron chi connectivity index (χ1n) is 9.81. The summed E-state index contributed by atoms with van der Waals surface area (Å²) in [6.45, 7) is -0.0404. The third-order valence-corrected chi connectivity index (χ3v) is 6.49. The minimum Gasteiger partial charge on any atom is -0.467 e. The van der Waals surface area contributed by atoms with E-state index in [4.69, 9.17) is 16.4 Å². The highest BCUT2D eigenvalue weighted by atomic mass is 35.5. The van der Waals surface area contributed by atoms with Crippen LogP contribution in [-0.2, 0) is 45.7 Å². The number of oxime groups is 1. The van der Waals surface area contributed by atoms with Gasteiger partial charge in [0.25, 0.3) is 11.8 Å². The molecule has 0 saturated carbocycles. The number of amides is 3. The lowest BCUT2D eigenvalue weighted by Gasteiger charge is -2.41. The van der Waals surface area contributed by atoms with Crippen LogP contribution in [-0.4, -0.2) is 76.7 Å². The summed E-state index contributed by atoms with van der Waals surface area (Å²) >= 11 is 6.40. The van der Waals surface area contributed by atoms with Gasteiger partial charge in [-0.3, -0.25) is 18.9 Å². The number of thiazole rings is 1. The number of carbonyl (C=O) groups is 4. The van der Waals surface area contributed by atoms with Crippen molar-refractivity contribution in [2.75, 3.05) is 18.3 Å². The van der Waals surface area contributed by atoms with Gasteiger partial charge in [0.2, 0.25) is 5.91 Å². The zero-order valence-corrected chi connectivity index (χ0v) is 20.7. The Kier molecular flexibility index (Phi) is 8.57. The van der Waals surface area contributed by atoms with Crippen molar-refractivity contribution in [3.8, 4) is 0 Å². The topological polar surface area (TPSA) is 194 Å². The van der Waals surface area contributed by atoms with Crippen LogP contribution < -0.4 is 10.6 Å². The molecule has 1 fully saturated rings. The number of aromatic nitrogens is 1. The molecule has 0 spiro atoms. The van der Waals surface area contributed by atoms with Crippen LogP contribution in [0.25, 0.3) is 0 Å². The average molecular weight is 560 g/mol. The molecule has 2 atom stereocenters. The Morgan fingerprint density at radius 1 is 1.28 bits per heavy atom. The fourth-order valence-electron chi connectivity index (χ4n) is 2.97. The van der Waals surface area contributed by atoms with Crippen molar-refractivity contribution in [1.82, 2.24) is 14.6 Å². The van der Waals surface area contributed by atoms with Crippen LogP contribution in [0.5, 0.6) is 0 Å². The molecule has 17 heteroatoms. The molecule has 3 N–H and O–H groups in total. The molecule has 2 unspecified atom stereocenters. The Morgan fingerprint density at radius 3 is 2.58 bits per heavy atom. The van der Waals surface area contributed by atoms with Gasteiger partial charge in [-0.2, -0.15) is 12.7 Å². The van der Waals surface area contributed by atoms with Crippen LogP contribution >= 0.6 is 22.9 Å². The normalized spacial score (nSPS) is 17.7. The summed E-state index contributed by atoms with van der Waals surface area (Å²) in [6, 6.07) is 5.27. The van der Waals surface area contributed by atoms with Crippen molar-refractivity contribution in [2.45, 2.75) is 18.7 Å². The van der Waals surface area contributed by atoms with E-state index in [-0.39, 0.29) is 27.6 Å². The van der Waals surface area contributed by atoms with Gasteiger partial charge in [0, 0.05) is 5.38 Å². The largest absolute Gasteiger partial charge is 0.467 e. The van der Waals surface area contributed by atoms with Gasteiger partial charge in [-0.05, 0) is 5.56 Å². The molecule has 0 bridgehead atoms. The number of hydrogen-bond donors (Lipinski definition) is 3. The highest BCUT2D eigenvalue weighted by Crippen LogP contribution is 2.25. The van der Waals surface area contributed by atoms with Crippen molar-refractivity contribution in [3.63, 3.8) is 0 Å². The smallest absolute Gasteiger partial charge is 0.363 e. The monoisotopic (exact) mass is 559 g/mol. The summed E-state index contributed by atoms with van der Waals surface area (Å²) in [4.78, 5) is 58.2. The number of rotatable bonds is 10. The Hall–Kier alpha value is -3.60. The molecule has 3 amide bonds. The van der Waals surface area contributed by atoms with E-state index in [1.165, 1.54) is 5.38 Å². The maximum Gasteiger partial charge on any atom is 0.363 e. The summed E-state index contributed by atoms with van der Waals surface area (Å²) in [6.07, 6.45) is 0. The Morgan fingerprint density at radius 2 is 1.97 bits per heavy atom. The number of carbonyl (C=O) groups excluding carboxylic acids is 4. The molecule has 1 aromatic carbocycles. The SMILES string of the molecule is COC(=O)C1C(NC(=O)/C(=N\OCc2ccccc2)c2csc(NC(=O)CCl)n2)C(=O)N1S(=O)(=O)O. The number of β-lactam (4-membered cyclic amide) rings is 1. The molecule has 0 aliphatic carbocycles. The van der Waals surface area contributed by atoms with Crippen molar-refractivity contribution in [1.29, 1.82) is 0 Å². The molecule has 1 aromatic heterocycles. The number of benzene rings is 1. The number of ether oxygens (including phenoxy) is 1. The molecule has 36 heavy (non-hydrogen) atoms. The first kappa shape index (κ1) is 27.0. The fraction of sp³-hybridized carbons (Fsp3) is 0.263. The second kappa shape index (κ2) is 11.4. The number of anilines is 1. The molecule has 2 heterocycles. The molecule has 1 saturated heterocycles. The van der Waals surface area contributed by atoms with Gasteiger partial charge in [-0.25, -0.2) is 9.78 Å². The quantitative estimate of drug-likeness (QED) is 0.0884. The molecule has 3 rings (SSSR count). The Balaban J connectivity index is 1.86. The number of nitrogens with zero attached hydrogens (tertiary/aromatic N) is 3. The predicted molar refractivity (Wildman–Crippen MR) is 125 cm³/mol. The van der Waals surface area contributed by atoms with E-state index in [0.717, 1.165) is 24.0 Å². The Bertz CT molecular complexity index is 1300. The summed E-state index contributed by atoms with van der Waals surface area (Å²) in [7, 11) is -4.17. The number of esters is 1. The minimum atomic E-state index is -5.10. The standard InChI is InChI=1S/C19H18ClN5O9S2/c1-33-18(29)15-14(17(28)25(15)36(30,31)32)23-16(27)13(24-34-8-10-5-3-2-4-6-10)11-9-35-19(21-11)22-12(26)7-20/h2-6,9,14-15H,7-8H2,1H3,(H,23,27)(H,21,22,26)(H,30,31,32)/b24-13-. The number of nitrogens with one attached hydrogen (secondary N) is 2. The lowest BCUT2D eigenvalue weighted by molar-refractivity contribution is -0.162. The molecule has 192 valence electrons.